The first-order valence-electron chi connectivity index (χ1n) is 12.5. The Balaban J connectivity index is 1.44. The molecular weight excluding hydrogens is 530 g/mol. The third-order valence-electron chi connectivity index (χ3n) is 6.62. The van der Waals surface area contributed by atoms with Gasteiger partial charge in [0.2, 0.25) is 0 Å². The number of carbonyl (C=O) groups excluding carboxylic acids is 2. The van der Waals surface area contributed by atoms with Crippen LogP contribution in [0, 0.1) is 0 Å². The molecule has 1 amide bonds. The second-order valence-corrected chi connectivity index (χ2v) is 10.0. The van der Waals surface area contributed by atoms with Crippen molar-refractivity contribution in [2.24, 2.45) is 0 Å². The average Bonchev–Trinajstić information content (AvgIpc) is 2.92. The molecule has 0 spiro atoms. The number of benzene rings is 3. The second-order valence-electron chi connectivity index (χ2n) is 9.15. The van der Waals surface area contributed by atoms with Gasteiger partial charge in [-0.3, -0.25) is 14.7 Å². The van der Waals surface area contributed by atoms with Crippen molar-refractivity contribution in [2.45, 2.75) is 39.0 Å². The number of ether oxygens (including phenoxy) is 1. The van der Waals surface area contributed by atoms with Crippen LogP contribution in [0.1, 0.15) is 40.5 Å². The lowest BCUT2D eigenvalue weighted by Crippen LogP contribution is -2.35. The Morgan fingerprint density at radius 2 is 1.76 bits per heavy atom. The number of anilines is 1. The molecule has 4 aromatic rings. The zero-order valence-corrected chi connectivity index (χ0v) is 22.2. The molecule has 1 N–H and O–H groups in total. The Morgan fingerprint density at radius 3 is 2.54 bits per heavy atom. The number of para-hydroxylation sites is 2. The summed E-state index contributed by atoms with van der Waals surface area (Å²) >= 11 is 3.45. The van der Waals surface area contributed by atoms with E-state index in [1.54, 1.807) is 6.07 Å². The topological polar surface area (TPSA) is 71.5 Å². The van der Waals surface area contributed by atoms with E-state index >= 15 is 0 Å². The van der Waals surface area contributed by atoms with Crippen molar-refractivity contribution in [1.29, 1.82) is 0 Å². The molecule has 6 nitrogen and oxygen atoms in total. The Labute approximate surface area is 224 Å². The molecular formula is C30H28BrN3O3. The minimum absolute atomic E-state index is 0.355. The van der Waals surface area contributed by atoms with Gasteiger partial charge in [-0.1, -0.05) is 67.6 Å². The number of hydrogen-bond acceptors (Lipinski definition) is 5. The summed E-state index contributed by atoms with van der Waals surface area (Å²) in [4.78, 5) is 34.0. The summed E-state index contributed by atoms with van der Waals surface area (Å²) in [5.74, 6) is -0.855. The summed E-state index contributed by atoms with van der Waals surface area (Å²) in [6.07, 6.45) is 0.173. The number of carbonyl (C=O) groups is 2. The fraction of sp³-hybridized carbons (Fsp3) is 0.233. The first kappa shape index (κ1) is 25.1. The van der Waals surface area contributed by atoms with Gasteiger partial charge in [0.25, 0.3) is 5.91 Å². The minimum atomic E-state index is -0.925. The van der Waals surface area contributed by atoms with Crippen LogP contribution in [0.5, 0.6) is 0 Å². The van der Waals surface area contributed by atoms with E-state index < -0.39 is 12.1 Å². The largest absolute Gasteiger partial charge is 0.449 e. The van der Waals surface area contributed by atoms with Gasteiger partial charge in [0.15, 0.2) is 6.10 Å². The molecule has 1 atom stereocenters. The number of hydrogen-bond donors (Lipinski definition) is 1. The lowest BCUT2D eigenvalue weighted by atomic mass is 9.95. The van der Waals surface area contributed by atoms with Crippen molar-refractivity contribution < 1.29 is 14.3 Å². The Bertz CT molecular complexity index is 1440. The predicted octanol–water partition coefficient (Wildman–Crippen LogP) is 6.13. The van der Waals surface area contributed by atoms with E-state index in [1.165, 1.54) is 5.56 Å². The molecule has 1 unspecified atom stereocenters. The smallest absolute Gasteiger partial charge is 0.340 e. The van der Waals surface area contributed by atoms with E-state index in [9.17, 15) is 9.59 Å². The average molecular weight is 558 g/mol. The van der Waals surface area contributed by atoms with Crippen LogP contribution < -0.4 is 5.32 Å². The predicted molar refractivity (Wildman–Crippen MR) is 148 cm³/mol. The number of amides is 1. The number of esters is 1. The lowest BCUT2D eigenvalue weighted by molar-refractivity contribution is -0.124. The molecule has 37 heavy (non-hydrogen) atoms. The first-order valence-corrected chi connectivity index (χ1v) is 13.3. The molecule has 5 rings (SSSR count). The van der Waals surface area contributed by atoms with Gasteiger partial charge in [-0.25, -0.2) is 4.79 Å². The van der Waals surface area contributed by atoms with Gasteiger partial charge >= 0.3 is 5.97 Å². The third-order valence-corrected chi connectivity index (χ3v) is 7.31. The minimum Gasteiger partial charge on any atom is -0.449 e. The molecule has 0 saturated carbocycles. The molecule has 7 heteroatoms. The van der Waals surface area contributed by atoms with E-state index in [2.05, 4.69) is 38.3 Å². The second kappa shape index (κ2) is 11.2. The first-order chi connectivity index (χ1) is 18.0. The maximum atomic E-state index is 13.7. The molecule has 0 radical (unpaired) electrons. The number of rotatable bonds is 7. The highest BCUT2D eigenvalue weighted by molar-refractivity contribution is 9.10. The SMILES string of the molecule is CCC(OC(=O)c1c2c(nc3ccccc13)CCN(Cc1ccccc1)C2)C(=O)Nc1ccccc1Br. The summed E-state index contributed by atoms with van der Waals surface area (Å²) < 4.78 is 6.64. The number of aromatic nitrogens is 1. The Hall–Kier alpha value is -3.55. The monoisotopic (exact) mass is 557 g/mol. The van der Waals surface area contributed by atoms with Gasteiger partial charge in [0.1, 0.15) is 0 Å². The van der Waals surface area contributed by atoms with Crippen LogP contribution >= 0.6 is 15.9 Å². The van der Waals surface area contributed by atoms with Crippen LogP contribution in [0.25, 0.3) is 10.9 Å². The van der Waals surface area contributed by atoms with Gasteiger partial charge in [-0.15, -0.1) is 0 Å². The number of nitrogens with one attached hydrogen (secondary N) is 1. The summed E-state index contributed by atoms with van der Waals surface area (Å²) in [5.41, 5.74) is 4.91. The van der Waals surface area contributed by atoms with Crippen molar-refractivity contribution in [3.63, 3.8) is 0 Å². The van der Waals surface area contributed by atoms with Gasteiger partial charge in [-0.2, -0.15) is 0 Å². The van der Waals surface area contributed by atoms with E-state index in [-0.39, 0.29) is 5.91 Å². The van der Waals surface area contributed by atoms with Crippen molar-refractivity contribution in [3.8, 4) is 0 Å². The fourth-order valence-corrected chi connectivity index (χ4v) is 5.13. The van der Waals surface area contributed by atoms with Crippen LogP contribution in [0.3, 0.4) is 0 Å². The zero-order valence-electron chi connectivity index (χ0n) is 20.6. The van der Waals surface area contributed by atoms with E-state index in [1.807, 2.05) is 67.6 Å². The summed E-state index contributed by atoms with van der Waals surface area (Å²) in [7, 11) is 0. The summed E-state index contributed by atoms with van der Waals surface area (Å²) in [5, 5.41) is 3.61. The van der Waals surface area contributed by atoms with Crippen LogP contribution in [-0.2, 0) is 29.0 Å². The quantitative estimate of drug-likeness (QED) is 0.277. The highest BCUT2D eigenvalue weighted by atomic mass is 79.9. The molecule has 1 aliphatic heterocycles. The maximum Gasteiger partial charge on any atom is 0.340 e. The Kier molecular flexibility index (Phi) is 7.63. The third kappa shape index (κ3) is 5.58. The molecule has 3 aromatic carbocycles. The van der Waals surface area contributed by atoms with Crippen molar-refractivity contribution in [1.82, 2.24) is 9.88 Å². The van der Waals surface area contributed by atoms with Crippen LogP contribution in [0.2, 0.25) is 0 Å². The zero-order chi connectivity index (χ0) is 25.8. The summed E-state index contributed by atoms with van der Waals surface area (Å²) in [6.45, 7) is 4.06. The van der Waals surface area contributed by atoms with Crippen LogP contribution in [0.15, 0.2) is 83.3 Å². The van der Waals surface area contributed by atoms with Crippen molar-refractivity contribution in [2.75, 3.05) is 11.9 Å². The van der Waals surface area contributed by atoms with Gasteiger partial charge in [0.05, 0.1) is 16.8 Å². The molecule has 0 aliphatic carbocycles. The Morgan fingerprint density at radius 1 is 1.03 bits per heavy atom. The molecule has 188 valence electrons. The number of nitrogens with zero attached hydrogens (tertiary/aromatic N) is 2. The number of pyridine rings is 1. The molecule has 0 bridgehead atoms. The van der Waals surface area contributed by atoms with Crippen molar-refractivity contribution in [3.05, 3.63) is 106 Å². The summed E-state index contributed by atoms with van der Waals surface area (Å²) in [6, 6.07) is 25.3. The molecule has 0 saturated heterocycles. The van der Waals surface area contributed by atoms with E-state index in [0.717, 1.165) is 46.1 Å². The molecule has 0 fully saturated rings. The lowest BCUT2D eigenvalue weighted by Gasteiger charge is -2.30. The normalized spacial score (nSPS) is 14.1. The van der Waals surface area contributed by atoms with Crippen molar-refractivity contribution >= 4 is 44.4 Å². The van der Waals surface area contributed by atoms with E-state index in [0.29, 0.717) is 24.2 Å². The van der Waals surface area contributed by atoms with Gasteiger partial charge in [-0.05, 0) is 46.1 Å². The van der Waals surface area contributed by atoms with Crippen LogP contribution in [-0.4, -0.2) is 34.4 Å². The van der Waals surface area contributed by atoms with Gasteiger partial charge < -0.3 is 10.1 Å². The molecule has 1 aromatic heterocycles. The van der Waals surface area contributed by atoms with Crippen LogP contribution in [0.4, 0.5) is 5.69 Å². The standard InChI is InChI=1S/C30H28BrN3O3/c1-2-27(29(35)33-26-15-9-7-13-23(26)31)37-30(36)28-21-12-6-8-14-24(21)32-25-16-17-34(19-22(25)28)18-20-10-4-3-5-11-20/h3-15,27H,2,16-19H2,1H3,(H,33,35). The van der Waals surface area contributed by atoms with Gasteiger partial charge in [0, 0.05) is 47.2 Å². The fourth-order valence-electron chi connectivity index (χ4n) is 4.74. The highest BCUT2D eigenvalue weighted by Gasteiger charge is 2.29. The highest BCUT2D eigenvalue weighted by Crippen LogP contribution is 2.30. The molecule has 2 heterocycles. The number of fused-ring (bicyclic) bond motifs is 2. The number of halogens is 1. The maximum absolute atomic E-state index is 13.7. The van der Waals surface area contributed by atoms with E-state index in [4.69, 9.17) is 9.72 Å². The molecule has 1 aliphatic rings.